The van der Waals surface area contributed by atoms with Gasteiger partial charge in [0.2, 0.25) is 5.91 Å². The molecule has 4 rings (SSSR count). The lowest BCUT2D eigenvalue weighted by molar-refractivity contribution is -0.122. The van der Waals surface area contributed by atoms with Crippen LogP contribution in [0, 0.1) is 0 Å². The number of carbonyl (C=O) groups is 4. The van der Waals surface area contributed by atoms with Crippen molar-refractivity contribution in [2.75, 3.05) is 16.8 Å². The zero-order valence-electron chi connectivity index (χ0n) is 15.9. The number of hydrogen-bond acceptors (Lipinski definition) is 6. The Morgan fingerprint density at radius 1 is 1.07 bits per heavy atom. The van der Waals surface area contributed by atoms with Gasteiger partial charge < -0.3 is 10.0 Å². The molecule has 0 unspecified atom stereocenters. The molecule has 1 N–H and O–H groups in total. The number of nitrogens with zero attached hydrogens (tertiary/aromatic N) is 3. The highest BCUT2D eigenvalue weighted by molar-refractivity contribution is 8.19. The van der Waals surface area contributed by atoms with Gasteiger partial charge in [0.15, 0.2) is 5.17 Å². The molecule has 0 atom stereocenters. The van der Waals surface area contributed by atoms with Crippen molar-refractivity contribution < 1.29 is 24.3 Å². The van der Waals surface area contributed by atoms with Gasteiger partial charge in [0.05, 0.1) is 27.4 Å². The van der Waals surface area contributed by atoms with Gasteiger partial charge in [-0.05, 0) is 30.0 Å². The van der Waals surface area contributed by atoms with Crippen LogP contribution in [0.25, 0.3) is 5.57 Å². The standard InChI is InChI=1S/C21H15N3O5S/c1-11(25)24-15-10-6-3-7-12(15)16(19(24)27)17-18(26)22-21(30-17)23(2)14-9-5-4-8-13(14)20(28)29/h3-10H,1-2H3,(H,28,29)/b17-16-. The van der Waals surface area contributed by atoms with Crippen molar-refractivity contribution in [1.29, 1.82) is 0 Å². The number of carbonyl (C=O) groups excluding carboxylic acids is 3. The number of carboxylic acids is 1. The fourth-order valence-electron chi connectivity index (χ4n) is 3.40. The molecule has 2 aromatic carbocycles. The molecule has 0 fully saturated rings. The number of carboxylic acid groups (broad SMARTS) is 1. The highest BCUT2D eigenvalue weighted by Gasteiger charge is 2.41. The maximum absolute atomic E-state index is 13.0. The summed E-state index contributed by atoms with van der Waals surface area (Å²) in [5.74, 6) is -2.75. The van der Waals surface area contributed by atoms with E-state index in [1.54, 1.807) is 49.5 Å². The largest absolute Gasteiger partial charge is 0.478 e. The minimum Gasteiger partial charge on any atom is -0.478 e. The molecule has 2 aliphatic heterocycles. The molecule has 2 aromatic rings. The van der Waals surface area contributed by atoms with E-state index in [1.165, 1.54) is 17.9 Å². The number of aliphatic imine (C=N–C) groups is 1. The third-order valence-corrected chi connectivity index (χ3v) is 5.87. The molecule has 0 radical (unpaired) electrons. The number of amides is 3. The van der Waals surface area contributed by atoms with Crippen molar-refractivity contribution in [3.63, 3.8) is 0 Å². The maximum atomic E-state index is 13.0. The molecule has 150 valence electrons. The number of thioether (sulfide) groups is 1. The summed E-state index contributed by atoms with van der Waals surface area (Å²) in [6, 6.07) is 13.1. The second-order valence-electron chi connectivity index (χ2n) is 6.56. The van der Waals surface area contributed by atoms with Gasteiger partial charge in [-0.3, -0.25) is 14.4 Å². The quantitative estimate of drug-likeness (QED) is 0.743. The Labute approximate surface area is 175 Å². The molecule has 0 bridgehead atoms. The van der Waals surface area contributed by atoms with E-state index in [-0.39, 0.29) is 21.2 Å². The molecule has 2 aliphatic rings. The molecule has 0 saturated carbocycles. The number of aromatic carboxylic acids is 1. The number of hydrogen-bond donors (Lipinski definition) is 1. The van der Waals surface area contributed by atoms with Gasteiger partial charge in [0.1, 0.15) is 0 Å². The predicted molar refractivity (Wildman–Crippen MR) is 113 cm³/mol. The normalized spacial score (nSPS) is 17.8. The van der Waals surface area contributed by atoms with Gasteiger partial charge in [0.25, 0.3) is 11.8 Å². The first-order chi connectivity index (χ1) is 14.3. The number of benzene rings is 2. The van der Waals surface area contributed by atoms with E-state index in [1.807, 2.05) is 0 Å². The summed E-state index contributed by atoms with van der Waals surface area (Å²) in [6.07, 6.45) is 0. The minimum absolute atomic E-state index is 0.0573. The summed E-state index contributed by atoms with van der Waals surface area (Å²) in [5, 5.41) is 9.67. The highest BCUT2D eigenvalue weighted by Crippen LogP contribution is 2.44. The number of imide groups is 1. The molecular formula is C21H15N3O5S. The van der Waals surface area contributed by atoms with Crippen LogP contribution in [-0.2, 0) is 14.4 Å². The SMILES string of the molecule is CC(=O)N1C(=O)/C(=C2\SC(N(C)c3ccccc3C(=O)O)=NC2=O)c2ccccc21. The maximum Gasteiger partial charge on any atom is 0.337 e. The summed E-state index contributed by atoms with van der Waals surface area (Å²) < 4.78 is 0. The smallest absolute Gasteiger partial charge is 0.337 e. The first-order valence-electron chi connectivity index (χ1n) is 8.87. The van der Waals surface area contributed by atoms with Gasteiger partial charge in [-0.1, -0.05) is 30.3 Å². The Morgan fingerprint density at radius 2 is 1.73 bits per heavy atom. The number of rotatable bonds is 2. The fourth-order valence-corrected chi connectivity index (χ4v) is 4.37. The van der Waals surface area contributed by atoms with Crippen molar-refractivity contribution in [3.05, 3.63) is 64.6 Å². The fraction of sp³-hybridized carbons (Fsp3) is 0.0952. The number of amidine groups is 1. The van der Waals surface area contributed by atoms with Crippen LogP contribution in [-0.4, -0.2) is 41.0 Å². The minimum atomic E-state index is -1.11. The third kappa shape index (κ3) is 3.00. The van der Waals surface area contributed by atoms with Crippen molar-refractivity contribution in [2.24, 2.45) is 4.99 Å². The molecule has 0 aromatic heterocycles. The lowest BCUT2D eigenvalue weighted by Crippen LogP contribution is -2.31. The second kappa shape index (κ2) is 7.27. The monoisotopic (exact) mass is 421 g/mol. The number of fused-ring (bicyclic) bond motifs is 1. The Balaban J connectivity index is 1.76. The van der Waals surface area contributed by atoms with Crippen LogP contribution in [0.15, 0.2) is 58.4 Å². The zero-order valence-corrected chi connectivity index (χ0v) is 16.8. The average molecular weight is 421 g/mol. The van der Waals surface area contributed by atoms with Crippen LogP contribution in [0.5, 0.6) is 0 Å². The highest BCUT2D eigenvalue weighted by atomic mass is 32.2. The summed E-state index contributed by atoms with van der Waals surface area (Å²) in [7, 11) is 1.60. The third-order valence-electron chi connectivity index (χ3n) is 4.74. The van der Waals surface area contributed by atoms with Gasteiger partial charge in [0, 0.05) is 19.5 Å². The van der Waals surface area contributed by atoms with E-state index < -0.39 is 23.7 Å². The van der Waals surface area contributed by atoms with Crippen LogP contribution in [0.4, 0.5) is 11.4 Å². The summed E-state index contributed by atoms with van der Waals surface area (Å²) in [5.41, 5.74) is 1.44. The van der Waals surface area contributed by atoms with E-state index in [0.717, 1.165) is 16.7 Å². The number of para-hydroxylation sites is 2. The first kappa shape index (κ1) is 19.6. The topological polar surface area (TPSA) is 107 Å². The molecule has 0 saturated heterocycles. The van der Waals surface area contributed by atoms with Crippen molar-refractivity contribution in [3.8, 4) is 0 Å². The lowest BCUT2D eigenvalue weighted by atomic mass is 10.1. The van der Waals surface area contributed by atoms with Crippen molar-refractivity contribution in [2.45, 2.75) is 6.92 Å². The first-order valence-corrected chi connectivity index (χ1v) is 9.68. The second-order valence-corrected chi connectivity index (χ2v) is 7.54. The Morgan fingerprint density at radius 3 is 2.43 bits per heavy atom. The van der Waals surface area contributed by atoms with Crippen LogP contribution in [0.2, 0.25) is 0 Å². The van der Waals surface area contributed by atoms with Crippen LogP contribution in [0.1, 0.15) is 22.8 Å². The summed E-state index contributed by atoms with van der Waals surface area (Å²) in [6.45, 7) is 1.28. The summed E-state index contributed by atoms with van der Waals surface area (Å²) in [4.78, 5) is 55.9. The Hall–Kier alpha value is -3.72. The van der Waals surface area contributed by atoms with E-state index in [4.69, 9.17) is 0 Å². The van der Waals surface area contributed by atoms with E-state index in [9.17, 15) is 24.3 Å². The Kier molecular flexibility index (Phi) is 4.75. The number of anilines is 2. The zero-order chi connectivity index (χ0) is 21.6. The lowest BCUT2D eigenvalue weighted by Gasteiger charge is -2.19. The molecule has 9 heteroatoms. The molecule has 2 heterocycles. The molecule has 0 spiro atoms. The average Bonchev–Trinajstić information content (AvgIpc) is 3.23. The van der Waals surface area contributed by atoms with E-state index >= 15 is 0 Å². The molecular weight excluding hydrogens is 406 g/mol. The van der Waals surface area contributed by atoms with Crippen LogP contribution < -0.4 is 9.80 Å². The Bertz CT molecular complexity index is 1200. The summed E-state index contributed by atoms with van der Waals surface area (Å²) >= 11 is 0.975. The van der Waals surface area contributed by atoms with Gasteiger partial charge in [-0.2, -0.15) is 4.99 Å². The molecule has 3 amide bonds. The predicted octanol–water partition coefficient (Wildman–Crippen LogP) is 2.75. The van der Waals surface area contributed by atoms with Crippen molar-refractivity contribution >= 4 is 57.6 Å². The van der Waals surface area contributed by atoms with E-state index in [2.05, 4.69) is 4.99 Å². The van der Waals surface area contributed by atoms with Crippen molar-refractivity contribution in [1.82, 2.24) is 0 Å². The molecule has 8 nitrogen and oxygen atoms in total. The van der Waals surface area contributed by atoms with Crippen LogP contribution >= 0.6 is 11.8 Å². The van der Waals surface area contributed by atoms with Gasteiger partial charge >= 0.3 is 5.97 Å². The molecule has 30 heavy (non-hydrogen) atoms. The van der Waals surface area contributed by atoms with Gasteiger partial charge in [-0.15, -0.1) is 0 Å². The van der Waals surface area contributed by atoms with E-state index in [0.29, 0.717) is 16.9 Å². The van der Waals surface area contributed by atoms with Gasteiger partial charge in [-0.25, -0.2) is 9.69 Å². The molecule has 0 aliphatic carbocycles. The van der Waals surface area contributed by atoms with Crippen LogP contribution in [0.3, 0.4) is 0 Å².